The molecule has 1 fully saturated rings. The van der Waals surface area contributed by atoms with E-state index in [1.807, 2.05) is 12.1 Å². The second kappa shape index (κ2) is 6.20. The molecule has 2 atom stereocenters. The molecule has 2 aromatic heterocycles. The van der Waals surface area contributed by atoms with Crippen LogP contribution < -0.4 is 0 Å². The first-order chi connectivity index (χ1) is 11.1. The third-order valence-electron chi connectivity index (χ3n) is 4.18. The van der Waals surface area contributed by atoms with E-state index in [4.69, 9.17) is 0 Å². The van der Waals surface area contributed by atoms with Crippen molar-refractivity contribution in [2.75, 3.05) is 6.54 Å². The second-order valence-electron chi connectivity index (χ2n) is 5.74. The summed E-state index contributed by atoms with van der Waals surface area (Å²) in [6, 6.07) is 3.33. The van der Waals surface area contributed by atoms with Gasteiger partial charge in [-0.1, -0.05) is 6.07 Å². The van der Waals surface area contributed by atoms with Gasteiger partial charge in [-0.2, -0.15) is 5.10 Å². The fourth-order valence-corrected chi connectivity index (χ4v) is 3.08. The highest BCUT2D eigenvalue weighted by molar-refractivity contribution is 5.87. The highest BCUT2D eigenvalue weighted by atomic mass is 16.4. The van der Waals surface area contributed by atoms with Gasteiger partial charge in [-0.05, 0) is 18.1 Å². The van der Waals surface area contributed by atoms with Crippen molar-refractivity contribution < 1.29 is 14.7 Å². The Labute approximate surface area is 133 Å². The number of rotatable bonds is 5. The van der Waals surface area contributed by atoms with E-state index in [1.165, 1.54) is 0 Å². The second-order valence-corrected chi connectivity index (χ2v) is 5.74. The van der Waals surface area contributed by atoms with Crippen molar-refractivity contribution in [2.45, 2.75) is 18.9 Å². The Bertz CT molecular complexity index is 713. The number of pyridine rings is 1. The molecule has 1 amide bonds. The van der Waals surface area contributed by atoms with E-state index < -0.39 is 17.9 Å². The SMILES string of the molecule is Cn1cc(C2C(C(=O)O)CC(=O)N2CCc2cccnc2)cn1. The van der Waals surface area contributed by atoms with Crippen LogP contribution in [0, 0.1) is 5.92 Å². The van der Waals surface area contributed by atoms with E-state index >= 15 is 0 Å². The summed E-state index contributed by atoms with van der Waals surface area (Å²) in [5.74, 6) is -1.81. The van der Waals surface area contributed by atoms with E-state index in [0.717, 1.165) is 11.1 Å². The Morgan fingerprint density at radius 1 is 1.43 bits per heavy atom. The van der Waals surface area contributed by atoms with E-state index in [0.29, 0.717) is 13.0 Å². The lowest BCUT2D eigenvalue weighted by Gasteiger charge is -2.26. The number of likely N-dealkylation sites (tertiary alicyclic amines) is 1. The van der Waals surface area contributed by atoms with Crippen LogP contribution in [-0.2, 0) is 23.1 Å². The van der Waals surface area contributed by atoms with Gasteiger partial charge in [0.15, 0.2) is 0 Å². The molecule has 1 aliphatic heterocycles. The van der Waals surface area contributed by atoms with Crippen molar-refractivity contribution in [3.8, 4) is 0 Å². The Morgan fingerprint density at radius 2 is 2.26 bits per heavy atom. The molecule has 0 aliphatic carbocycles. The van der Waals surface area contributed by atoms with Crippen LogP contribution in [0.4, 0.5) is 0 Å². The zero-order valence-electron chi connectivity index (χ0n) is 12.8. The van der Waals surface area contributed by atoms with E-state index in [2.05, 4.69) is 10.1 Å². The molecule has 7 nitrogen and oxygen atoms in total. The van der Waals surface area contributed by atoms with Gasteiger partial charge in [0.25, 0.3) is 0 Å². The van der Waals surface area contributed by atoms with Crippen molar-refractivity contribution in [1.29, 1.82) is 0 Å². The molecule has 3 rings (SSSR count). The molecule has 0 radical (unpaired) electrons. The van der Waals surface area contributed by atoms with Gasteiger partial charge in [-0.25, -0.2) is 0 Å². The molecule has 1 N–H and O–H groups in total. The fraction of sp³-hybridized carbons (Fsp3) is 0.375. The van der Waals surface area contributed by atoms with Gasteiger partial charge >= 0.3 is 5.97 Å². The lowest BCUT2D eigenvalue weighted by molar-refractivity contribution is -0.142. The average molecular weight is 314 g/mol. The number of aliphatic carboxylic acids is 1. The Kier molecular flexibility index (Phi) is 4.10. The zero-order chi connectivity index (χ0) is 16.4. The minimum Gasteiger partial charge on any atom is -0.481 e. The largest absolute Gasteiger partial charge is 0.481 e. The first-order valence-electron chi connectivity index (χ1n) is 7.46. The average Bonchev–Trinajstić information content (AvgIpc) is 3.09. The maximum atomic E-state index is 12.3. The Balaban J connectivity index is 1.83. The van der Waals surface area contributed by atoms with Crippen LogP contribution >= 0.6 is 0 Å². The molecule has 0 aromatic carbocycles. The van der Waals surface area contributed by atoms with Crippen LogP contribution in [0.2, 0.25) is 0 Å². The number of carbonyl (C=O) groups excluding carboxylic acids is 1. The highest BCUT2D eigenvalue weighted by Gasteiger charge is 2.44. The minimum absolute atomic E-state index is 0.0297. The number of amides is 1. The van der Waals surface area contributed by atoms with Gasteiger partial charge in [0.2, 0.25) is 5.91 Å². The number of carboxylic acid groups (broad SMARTS) is 1. The molecule has 7 heteroatoms. The molecule has 0 bridgehead atoms. The number of hydrogen-bond acceptors (Lipinski definition) is 4. The van der Waals surface area contributed by atoms with Crippen molar-refractivity contribution in [3.05, 3.63) is 48.0 Å². The van der Waals surface area contributed by atoms with Gasteiger partial charge in [-0.3, -0.25) is 19.3 Å². The van der Waals surface area contributed by atoms with Crippen molar-refractivity contribution >= 4 is 11.9 Å². The lowest BCUT2D eigenvalue weighted by Crippen LogP contribution is -2.32. The topological polar surface area (TPSA) is 88.3 Å². The molecule has 23 heavy (non-hydrogen) atoms. The van der Waals surface area contributed by atoms with Crippen molar-refractivity contribution in [2.24, 2.45) is 13.0 Å². The Morgan fingerprint density at radius 3 is 2.87 bits per heavy atom. The molecule has 0 spiro atoms. The van der Waals surface area contributed by atoms with Crippen LogP contribution in [0.1, 0.15) is 23.6 Å². The normalized spacial score (nSPS) is 20.9. The third-order valence-corrected chi connectivity index (χ3v) is 4.18. The number of nitrogens with zero attached hydrogens (tertiary/aromatic N) is 4. The molecule has 2 unspecified atom stereocenters. The van der Waals surface area contributed by atoms with E-state index in [1.54, 1.807) is 41.4 Å². The quantitative estimate of drug-likeness (QED) is 0.890. The monoisotopic (exact) mass is 314 g/mol. The summed E-state index contributed by atoms with van der Waals surface area (Å²) >= 11 is 0. The number of aryl methyl sites for hydroxylation is 1. The molecule has 2 aromatic rings. The van der Waals surface area contributed by atoms with Gasteiger partial charge in [0.05, 0.1) is 18.2 Å². The van der Waals surface area contributed by atoms with Crippen molar-refractivity contribution in [1.82, 2.24) is 19.7 Å². The van der Waals surface area contributed by atoms with E-state index in [-0.39, 0.29) is 12.3 Å². The number of carboxylic acids is 1. The number of carbonyl (C=O) groups is 2. The third kappa shape index (κ3) is 3.08. The fourth-order valence-electron chi connectivity index (χ4n) is 3.08. The smallest absolute Gasteiger partial charge is 0.309 e. The highest BCUT2D eigenvalue weighted by Crippen LogP contribution is 2.38. The summed E-state index contributed by atoms with van der Waals surface area (Å²) in [4.78, 5) is 29.6. The van der Waals surface area contributed by atoms with Gasteiger partial charge < -0.3 is 10.0 Å². The molecule has 0 saturated carbocycles. The molecular weight excluding hydrogens is 296 g/mol. The van der Waals surface area contributed by atoms with E-state index in [9.17, 15) is 14.7 Å². The molecule has 1 aliphatic rings. The molecule has 1 saturated heterocycles. The molecule has 3 heterocycles. The summed E-state index contributed by atoms with van der Waals surface area (Å²) in [5.41, 5.74) is 1.78. The number of aromatic nitrogens is 3. The maximum Gasteiger partial charge on any atom is 0.309 e. The number of hydrogen-bond donors (Lipinski definition) is 1. The molecule has 120 valence electrons. The summed E-state index contributed by atoms with van der Waals surface area (Å²) in [6.07, 6.45) is 7.54. The van der Waals surface area contributed by atoms with Crippen LogP contribution in [-0.4, -0.2) is 43.2 Å². The predicted molar refractivity (Wildman–Crippen MR) is 81.3 cm³/mol. The standard InChI is InChI=1S/C16H18N4O3/c1-19-10-12(9-18-19)15-13(16(22)23)7-14(21)20(15)6-4-11-3-2-5-17-8-11/h2-3,5,8-10,13,15H,4,6-7H2,1H3,(H,22,23). The van der Waals surface area contributed by atoms with Crippen molar-refractivity contribution in [3.63, 3.8) is 0 Å². The lowest BCUT2D eigenvalue weighted by atomic mass is 9.96. The first-order valence-corrected chi connectivity index (χ1v) is 7.46. The Hall–Kier alpha value is -2.70. The van der Waals surface area contributed by atoms with Crippen LogP contribution in [0.3, 0.4) is 0 Å². The molecular formula is C16H18N4O3. The minimum atomic E-state index is -0.948. The van der Waals surface area contributed by atoms with Gasteiger partial charge in [0.1, 0.15) is 0 Å². The maximum absolute atomic E-state index is 12.3. The first kappa shape index (κ1) is 15.2. The van der Waals surface area contributed by atoms with Gasteiger partial charge in [0, 0.05) is 44.2 Å². The summed E-state index contributed by atoms with van der Waals surface area (Å²) in [7, 11) is 1.77. The summed E-state index contributed by atoms with van der Waals surface area (Å²) in [5, 5.41) is 13.6. The van der Waals surface area contributed by atoms with Crippen LogP contribution in [0.15, 0.2) is 36.9 Å². The van der Waals surface area contributed by atoms with Gasteiger partial charge in [-0.15, -0.1) is 0 Å². The zero-order valence-corrected chi connectivity index (χ0v) is 12.8. The predicted octanol–water partition coefficient (Wildman–Crippen LogP) is 1.03. The summed E-state index contributed by atoms with van der Waals surface area (Å²) < 4.78 is 1.62. The summed E-state index contributed by atoms with van der Waals surface area (Å²) in [6.45, 7) is 0.466. The van der Waals surface area contributed by atoms with Crippen LogP contribution in [0.25, 0.3) is 0 Å². The van der Waals surface area contributed by atoms with Crippen LogP contribution in [0.5, 0.6) is 0 Å².